The first-order valence-electron chi connectivity index (χ1n) is 14.5. The molecule has 3 rings (SSSR count). The van der Waals surface area contributed by atoms with Gasteiger partial charge in [0, 0.05) is 6.42 Å². The number of aliphatic hydroxyl groups is 1. The van der Waals surface area contributed by atoms with Gasteiger partial charge in [-0.25, -0.2) is 0 Å². The van der Waals surface area contributed by atoms with E-state index in [1.165, 1.54) is 0 Å². The van der Waals surface area contributed by atoms with Crippen LogP contribution in [0, 0.1) is 5.92 Å². The summed E-state index contributed by atoms with van der Waals surface area (Å²) >= 11 is 0. The standard InChI is InChI=1S/C26H34N2O6.C8H9NO/c1-17(2)25(28-23(30)16-19-9-11-20(34-3)12-10-19)26(33)27-21(22(29)13-14-24(31)32)15-18-7-5-4-6-8-18;9-8(10)6-7-4-2-1-3-5-7/h4-12,17,21-22,25,29H,13-16H2,1-3H3,(H,27,33)(H,28,30)(H,31,32);1-5H,6H2,(H2,9,10). The average molecular weight is 606 g/mol. The van der Waals surface area contributed by atoms with Crippen LogP contribution in [0.4, 0.5) is 0 Å². The Morgan fingerprint density at radius 1 is 0.795 bits per heavy atom. The molecule has 0 aliphatic carbocycles. The highest BCUT2D eigenvalue weighted by Gasteiger charge is 2.29. The van der Waals surface area contributed by atoms with Crippen LogP contribution in [0.3, 0.4) is 0 Å². The Morgan fingerprint density at radius 3 is 1.84 bits per heavy atom. The smallest absolute Gasteiger partial charge is 0.303 e. The van der Waals surface area contributed by atoms with Crippen LogP contribution in [0.25, 0.3) is 0 Å². The van der Waals surface area contributed by atoms with E-state index in [0.717, 1.165) is 16.7 Å². The number of benzene rings is 3. The van der Waals surface area contributed by atoms with Crippen LogP contribution in [-0.2, 0) is 38.4 Å². The maximum absolute atomic E-state index is 13.1. The number of primary amides is 1. The van der Waals surface area contributed by atoms with Crippen molar-refractivity contribution in [2.24, 2.45) is 11.7 Å². The van der Waals surface area contributed by atoms with Crippen molar-refractivity contribution < 1.29 is 34.1 Å². The lowest BCUT2D eigenvalue weighted by atomic mass is 9.96. The summed E-state index contributed by atoms with van der Waals surface area (Å²) in [4.78, 5) is 47.1. The zero-order valence-electron chi connectivity index (χ0n) is 25.4. The second-order valence-corrected chi connectivity index (χ2v) is 10.7. The molecule has 0 aliphatic heterocycles. The fraction of sp³-hybridized carbons (Fsp3) is 0.353. The summed E-state index contributed by atoms with van der Waals surface area (Å²) in [6.07, 6.45) is -0.491. The SMILES string of the molecule is COc1ccc(CC(=O)NC(C(=O)NC(Cc2ccccc2)C(O)CCC(=O)O)C(C)C)cc1.NC(=O)Cc1ccccc1. The van der Waals surface area contributed by atoms with Gasteiger partial charge in [0.1, 0.15) is 11.8 Å². The third-order valence-electron chi connectivity index (χ3n) is 6.76. The second kappa shape index (κ2) is 18.8. The van der Waals surface area contributed by atoms with Crippen molar-refractivity contribution in [1.82, 2.24) is 10.6 Å². The van der Waals surface area contributed by atoms with Crippen molar-refractivity contribution in [3.63, 3.8) is 0 Å². The number of methoxy groups -OCH3 is 1. The molecule has 3 aromatic rings. The van der Waals surface area contributed by atoms with E-state index in [1.807, 2.05) is 74.5 Å². The van der Waals surface area contributed by atoms with Gasteiger partial charge in [-0.3, -0.25) is 19.2 Å². The largest absolute Gasteiger partial charge is 0.497 e. The van der Waals surface area contributed by atoms with Gasteiger partial charge in [0.2, 0.25) is 17.7 Å². The lowest BCUT2D eigenvalue weighted by Gasteiger charge is -2.28. The van der Waals surface area contributed by atoms with Crippen LogP contribution in [0.1, 0.15) is 43.4 Å². The van der Waals surface area contributed by atoms with Gasteiger partial charge in [-0.1, -0.05) is 86.6 Å². The Bertz CT molecular complexity index is 1320. The summed E-state index contributed by atoms with van der Waals surface area (Å²) in [6, 6.07) is 24.4. The van der Waals surface area contributed by atoms with Gasteiger partial charge in [-0.15, -0.1) is 0 Å². The van der Waals surface area contributed by atoms with E-state index in [2.05, 4.69) is 10.6 Å². The zero-order valence-corrected chi connectivity index (χ0v) is 25.4. The van der Waals surface area contributed by atoms with Crippen LogP contribution in [0.2, 0.25) is 0 Å². The predicted octanol–water partition coefficient (Wildman–Crippen LogP) is 3.05. The number of hydrogen-bond donors (Lipinski definition) is 5. The fourth-order valence-corrected chi connectivity index (χ4v) is 4.38. The number of aliphatic hydroxyl groups excluding tert-OH is 1. The molecule has 0 saturated carbocycles. The molecule has 0 spiro atoms. The van der Waals surface area contributed by atoms with E-state index in [1.54, 1.807) is 31.4 Å². The molecule has 0 aromatic heterocycles. The van der Waals surface area contributed by atoms with E-state index in [4.69, 9.17) is 15.6 Å². The normalized spacial score (nSPS) is 12.6. The summed E-state index contributed by atoms with van der Waals surface area (Å²) < 4.78 is 5.12. The summed E-state index contributed by atoms with van der Waals surface area (Å²) in [6.45, 7) is 3.65. The highest BCUT2D eigenvalue weighted by Crippen LogP contribution is 2.14. The molecule has 0 aliphatic rings. The molecule has 0 bridgehead atoms. The Morgan fingerprint density at radius 2 is 1.34 bits per heavy atom. The third kappa shape index (κ3) is 13.5. The van der Waals surface area contributed by atoms with Crippen LogP contribution >= 0.6 is 0 Å². The van der Waals surface area contributed by atoms with Crippen molar-refractivity contribution in [2.75, 3.05) is 7.11 Å². The van der Waals surface area contributed by atoms with Crippen molar-refractivity contribution in [3.8, 4) is 5.75 Å². The molecule has 0 saturated heterocycles. The third-order valence-corrected chi connectivity index (χ3v) is 6.76. The molecular formula is C34H43N3O7. The topological polar surface area (TPSA) is 168 Å². The van der Waals surface area contributed by atoms with E-state index >= 15 is 0 Å². The van der Waals surface area contributed by atoms with E-state index in [-0.39, 0.29) is 37.0 Å². The second-order valence-electron chi connectivity index (χ2n) is 10.7. The maximum Gasteiger partial charge on any atom is 0.303 e. The number of rotatable bonds is 15. The van der Waals surface area contributed by atoms with Crippen LogP contribution in [0.5, 0.6) is 5.75 Å². The summed E-state index contributed by atoms with van der Waals surface area (Å²) in [5.41, 5.74) is 7.63. The van der Waals surface area contributed by atoms with Gasteiger partial charge in [0.05, 0.1) is 32.1 Å². The number of ether oxygens (including phenoxy) is 1. The molecule has 3 atom stereocenters. The first-order valence-corrected chi connectivity index (χ1v) is 14.5. The van der Waals surface area contributed by atoms with Crippen LogP contribution in [-0.4, -0.2) is 59.2 Å². The highest BCUT2D eigenvalue weighted by atomic mass is 16.5. The lowest BCUT2D eigenvalue weighted by molar-refractivity contribution is -0.137. The minimum Gasteiger partial charge on any atom is -0.497 e. The number of nitrogens with two attached hydrogens (primary N) is 1. The highest BCUT2D eigenvalue weighted by molar-refractivity contribution is 5.88. The molecule has 3 aromatic carbocycles. The molecule has 10 nitrogen and oxygen atoms in total. The first kappa shape index (κ1) is 35.5. The molecular weight excluding hydrogens is 562 g/mol. The molecule has 0 heterocycles. The summed E-state index contributed by atoms with van der Waals surface area (Å²) in [5.74, 6) is -1.54. The molecule has 0 radical (unpaired) electrons. The number of carbonyl (C=O) groups is 4. The van der Waals surface area contributed by atoms with E-state index < -0.39 is 30.1 Å². The zero-order chi connectivity index (χ0) is 32.5. The minimum atomic E-state index is -1.05. The number of carboxylic acids is 1. The molecule has 3 amide bonds. The van der Waals surface area contributed by atoms with Crippen molar-refractivity contribution >= 4 is 23.7 Å². The van der Waals surface area contributed by atoms with Gasteiger partial charge in [0.25, 0.3) is 0 Å². The Hall–Kier alpha value is -4.70. The van der Waals surface area contributed by atoms with Gasteiger partial charge >= 0.3 is 5.97 Å². The van der Waals surface area contributed by atoms with Crippen molar-refractivity contribution in [3.05, 3.63) is 102 Å². The van der Waals surface area contributed by atoms with Crippen LogP contribution in [0.15, 0.2) is 84.9 Å². The number of amides is 3. The van der Waals surface area contributed by atoms with Crippen molar-refractivity contribution in [2.45, 2.75) is 64.1 Å². The van der Waals surface area contributed by atoms with E-state index in [0.29, 0.717) is 18.6 Å². The molecule has 10 heteroatoms. The van der Waals surface area contributed by atoms with Gasteiger partial charge in [-0.05, 0) is 47.6 Å². The van der Waals surface area contributed by atoms with Crippen LogP contribution < -0.4 is 21.1 Å². The molecule has 44 heavy (non-hydrogen) atoms. The van der Waals surface area contributed by atoms with Gasteiger partial charge in [-0.2, -0.15) is 0 Å². The van der Waals surface area contributed by atoms with Crippen molar-refractivity contribution in [1.29, 1.82) is 0 Å². The average Bonchev–Trinajstić information content (AvgIpc) is 2.99. The van der Waals surface area contributed by atoms with Gasteiger partial charge in [0.15, 0.2) is 0 Å². The molecule has 0 fully saturated rings. The van der Waals surface area contributed by atoms with E-state index in [9.17, 15) is 24.3 Å². The quantitative estimate of drug-likeness (QED) is 0.177. The summed E-state index contributed by atoms with van der Waals surface area (Å²) in [7, 11) is 1.57. The fourth-order valence-electron chi connectivity index (χ4n) is 4.38. The maximum atomic E-state index is 13.1. The number of aliphatic carboxylic acids is 1. The lowest BCUT2D eigenvalue weighted by Crippen LogP contribution is -2.55. The number of carboxylic acid groups (broad SMARTS) is 1. The first-order chi connectivity index (χ1) is 21.0. The monoisotopic (exact) mass is 605 g/mol. The molecule has 3 unspecified atom stereocenters. The minimum absolute atomic E-state index is 0.00326. The number of nitrogens with one attached hydrogen (secondary N) is 2. The summed E-state index contributed by atoms with van der Waals surface area (Å²) in [5, 5.41) is 25.2. The molecule has 6 N–H and O–H groups in total. The Kier molecular flexibility index (Phi) is 15.1. The Balaban J connectivity index is 0.000000569. The number of hydrogen-bond acceptors (Lipinski definition) is 6. The predicted molar refractivity (Wildman–Crippen MR) is 168 cm³/mol. The number of carbonyl (C=O) groups excluding carboxylic acids is 3. The molecule has 236 valence electrons. The Labute approximate surface area is 258 Å². The van der Waals surface area contributed by atoms with Gasteiger partial charge < -0.3 is 31.3 Å².